The van der Waals surface area contributed by atoms with Crippen molar-refractivity contribution in [3.05, 3.63) is 101 Å². The van der Waals surface area contributed by atoms with E-state index in [4.69, 9.17) is 21.4 Å². The molecule has 1 amide bonds. The highest BCUT2D eigenvalue weighted by Gasteiger charge is 2.31. The van der Waals surface area contributed by atoms with Gasteiger partial charge in [-0.2, -0.15) is 5.10 Å². The van der Waals surface area contributed by atoms with Gasteiger partial charge in [-0.05, 0) is 43.0 Å². The van der Waals surface area contributed by atoms with Crippen LogP contribution >= 0.6 is 11.6 Å². The molecule has 0 saturated heterocycles. The number of hydrogen-bond acceptors (Lipinski definition) is 3. The fourth-order valence-corrected chi connectivity index (χ4v) is 4.29. The Morgan fingerprint density at radius 3 is 2.32 bits per heavy atom. The lowest BCUT2D eigenvalue weighted by Crippen LogP contribution is -2.33. The number of halogens is 1. The molecule has 3 aromatic carbocycles. The fraction of sp³-hybridized carbons (Fsp3) is 0.214. The summed E-state index contributed by atoms with van der Waals surface area (Å²) in [6.07, 6.45) is 2.27. The summed E-state index contributed by atoms with van der Waals surface area (Å²) in [5, 5.41) is 5.26. The standard InChI is InChI=1S/C28H26ClN3O2/c1-31-28(34-22-12-6-3-7-13-22)24(26(30-31)21-10-4-2-5-11-21)19-32(18-20-16-17-20)27(33)23-14-8-9-15-25(23)29/h2-15,20H,16-19H2,1H3. The Labute approximate surface area is 204 Å². The molecule has 0 bridgehead atoms. The second-order valence-corrected chi connectivity index (χ2v) is 9.05. The minimum absolute atomic E-state index is 0.0778. The highest BCUT2D eigenvalue weighted by molar-refractivity contribution is 6.33. The molecule has 1 saturated carbocycles. The van der Waals surface area contributed by atoms with Crippen LogP contribution in [0.1, 0.15) is 28.8 Å². The molecule has 172 valence electrons. The Kier molecular flexibility index (Phi) is 6.37. The molecule has 1 heterocycles. The normalized spacial score (nSPS) is 13.0. The molecule has 5 nitrogen and oxygen atoms in total. The van der Waals surface area contributed by atoms with Crippen LogP contribution in [0, 0.1) is 5.92 Å². The lowest BCUT2D eigenvalue weighted by Gasteiger charge is -2.24. The molecule has 0 aliphatic heterocycles. The summed E-state index contributed by atoms with van der Waals surface area (Å²) < 4.78 is 8.06. The topological polar surface area (TPSA) is 47.4 Å². The summed E-state index contributed by atoms with van der Waals surface area (Å²) >= 11 is 6.40. The van der Waals surface area contributed by atoms with Crippen LogP contribution in [0.5, 0.6) is 11.6 Å². The lowest BCUT2D eigenvalue weighted by molar-refractivity contribution is 0.0734. The number of carbonyl (C=O) groups is 1. The van der Waals surface area contributed by atoms with Crippen molar-refractivity contribution in [2.24, 2.45) is 13.0 Å². The quantitative estimate of drug-likeness (QED) is 0.291. The van der Waals surface area contributed by atoms with Gasteiger partial charge in [-0.3, -0.25) is 4.79 Å². The highest BCUT2D eigenvalue weighted by Crippen LogP contribution is 2.36. The maximum atomic E-state index is 13.6. The maximum absolute atomic E-state index is 13.6. The van der Waals surface area contributed by atoms with E-state index in [0.29, 0.717) is 35.5 Å². The molecule has 4 aromatic rings. The fourth-order valence-electron chi connectivity index (χ4n) is 4.08. The molecule has 1 aliphatic rings. The van der Waals surface area contributed by atoms with E-state index in [0.717, 1.165) is 35.4 Å². The van der Waals surface area contributed by atoms with Crippen LogP contribution in [0.4, 0.5) is 0 Å². The molecule has 0 radical (unpaired) electrons. The van der Waals surface area contributed by atoms with E-state index in [1.165, 1.54) is 0 Å². The van der Waals surface area contributed by atoms with E-state index in [1.54, 1.807) is 16.8 Å². The Hall–Kier alpha value is -3.57. The number of hydrogen-bond donors (Lipinski definition) is 0. The number of para-hydroxylation sites is 1. The first-order valence-corrected chi connectivity index (χ1v) is 11.9. The van der Waals surface area contributed by atoms with Crippen LogP contribution < -0.4 is 4.74 Å². The van der Waals surface area contributed by atoms with Crippen molar-refractivity contribution in [3.8, 4) is 22.9 Å². The zero-order chi connectivity index (χ0) is 23.5. The number of aryl methyl sites for hydroxylation is 1. The van der Waals surface area contributed by atoms with Crippen molar-refractivity contribution in [1.29, 1.82) is 0 Å². The van der Waals surface area contributed by atoms with Crippen molar-refractivity contribution in [1.82, 2.24) is 14.7 Å². The molecule has 1 aromatic heterocycles. The molecule has 5 rings (SSSR count). The molecule has 34 heavy (non-hydrogen) atoms. The van der Waals surface area contributed by atoms with Gasteiger partial charge in [-0.1, -0.05) is 72.3 Å². The predicted molar refractivity (Wildman–Crippen MR) is 134 cm³/mol. The highest BCUT2D eigenvalue weighted by atomic mass is 35.5. The number of carbonyl (C=O) groups excluding carboxylic acids is 1. The molecule has 0 atom stereocenters. The molecular formula is C28H26ClN3O2. The molecule has 1 aliphatic carbocycles. The van der Waals surface area contributed by atoms with Crippen molar-refractivity contribution < 1.29 is 9.53 Å². The lowest BCUT2D eigenvalue weighted by atomic mass is 10.1. The zero-order valence-corrected chi connectivity index (χ0v) is 19.8. The number of ether oxygens (including phenoxy) is 1. The van der Waals surface area contributed by atoms with Crippen molar-refractivity contribution in [2.45, 2.75) is 19.4 Å². The molecule has 0 spiro atoms. The molecular weight excluding hydrogens is 446 g/mol. The van der Waals surface area contributed by atoms with Gasteiger partial charge in [0.1, 0.15) is 11.4 Å². The van der Waals surface area contributed by atoms with E-state index in [9.17, 15) is 4.79 Å². The number of aromatic nitrogens is 2. The number of nitrogens with zero attached hydrogens (tertiary/aromatic N) is 3. The smallest absolute Gasteiger partial charge is 0.255 e. The first-order chi connectivity index (χ1) is 16.6. The summed E-state index contributed by atoms with van der Waals surface area (Å²) in [6.45, 7) is 1.05. The van der Waals surface area contributed by atoms with Crippen LogP contribution in [0.3, 0.4) is 0 Å². The third-order valence-corrected chi connectivity index (χ3v) is 6.34. The largest absolute Gasteiger partial charge is 0.439 e. The van der Waals surface area contributed by atoms with Crippen molar-refractivity contribution >= 4 is 17.5 Å². The Bertz CT molecular complexity index is 1280. The number of benzene rings is 3. The monoisotopic (exact) mass is 471 g/mol. The Balaban J connectivity index is 1.56. The maximum Gasteiger partial charge on any atom is 0.255 e. The van der Waals surface area contributed by atoms with Crippen molar-refractivity contribution in [3.63, 3.8) is 0 Å². The number of amides is 1. The van der Waals surface area contributed by atoms with E-state index in [1.807, 2.05) is 84.7 Å². The summed E-state index contributed by atoms with van der Waals surface area (Å²) in [4.78, 5) is 15.5. The van der Waals surface area contributed by atoms with Crippen molar-refractivity contribution in [2.75, 3.05) is 6.54 Å². The third kappa shape index (κ3) is 4.85. The SMILES string of the molecule is Cn1nc(-c2ccccc2)c(CN(CC2CC2)C(=O)c2ccccc2Cl)c1Oc1ccccc1. The molecule has 1 fully saturated rings. The van der Waals surface area contributed by atoms with Gasteiger partial charge in [-0.25, -0.2) is 4.68 Å². The van der Waals surface area contributed by atoms with E-state index in [2.05, 4.69) is 0 Å². The van der Waals surface area contributed by atoms with Gasteiger partial charge in [0, 0.05) is 19.2 Å². The van der Waals surface area contributed by atoms with Crippen LogP contribution in [0.15, 0.2) is 84.9 Å². The van der Waals surface area contributed by atoms with Gasteiger partial charge in [0.05, 0.1) is 22.7 Å². The zero-order valence-electron chi connectivity index (χ0n) is 19.0. The first kappa shape index (κ1) is 22.2. The average molecular weight is 472 g/mol. The molecule has 0 unspecified atom stereocenters. The van der Waals surface area contributed by atoms with Gasteiger partial charge >= 0.3 is 0 Å². The molecule has 6 heteroatoms. The average Bonchev–Trinajstić information content (AvgIpc) is 3.64. The van der Waals surface area contributed by atoms with E-state index >= 15 is 0 Å². The minimum atomic E-state index is -0.0778. The second-order valence-electron chi connectivity index (χ2n) is 8.65. The van der Waals surface area contributed by atoms with Gasteiger partial charge in [0.15, 0.2) is 0 Å². The van der Waals surface area contributed by atoms with Crippen LogP contribution in [0.25, 0.3) is 11.3 Å². The third-order valence-electron chi connectivity index (χ3n) is 6.01. The Morgan fingerprint density at radius 1 is 1.00 bits per heavy atom. The molecule has 0 N–H and O–H groups in total. The van der Waals surface area contributed by atoms with E-state index < -0.39 is 0 Å². The van der Waals surface area contributed by atoms with Gasteiger partial charge in [-0.15, -0.1) is 0 Å². The van der Waals surface area contributed by atoms with Crippen LogP contribution in [-0.2, 0) is 13.6 Å². The first-order valence-electron chi connectivity index (χ1n) is 11.5. The van der Waals surface area contributed by atoms with Gasteiger partial charge in [0.25, 0.3) is 5.91 Å². The summed E-state index contributed by atoms with van der Waals surface area (Å²) in [7, 11) is 1.87. The Morgan fingerprint density at radius 2 is 1.65 bits per heavy atom. The number of rotatable bonds is 8. The summed E-state index contributed by atoms with van der Waals surface area (Å²) in [5.74, 6) is 1.78. The van der Waals surface area contributed by atoms with E-state index in [-0.39, 0.29) is 5.91 Å². The summed E-state index contributed by atoms with van der Waals surface area (Å²) in [5.41, 5.74) is 3.17. The summed E-state index contributed by atoms with van der Waals surface area (Å²) in [6, 6.07) is 26.9. The van der Waals surface area contributed by atoms with Gasteiger partial charge in [0.2, 0.25) is 5.88 Å². The predicted octanol–water partition coefficient (Wildman–Crippen LogP) is 6.59. The van der Waals surface area contributed by atoms with Crippen LogP contribution in [0.2, 0.25) is 5.02 Å². The van der Waals surface area contributed by atoms with Crippen LogP contribution in [-0.4, -0.2) is 27.1 Å². The minimum Gasteiger partial charge on any atom is -0.439 e. The second kappa shape index (κ2) is 9.74. The van der Waals surface area contributed by atoms with Gasteiger partial charge < -0.3 is 9.64 Å².